The largest absolute Gasteiger partial charge is 0.490 e. The van der Waals surface area contributed by atoms with Crippen LogP contribution in [-0.4, -0.2) is 17.1 Å². The van der Waals surface area contributed by atoms with Crippen LogP contribution in [0, 0.1) is 5.92 Å². The van der Waals surface area contributed by atoms with Gasteiger partial charge < -0.3 is 4.74 Å². The first kappa shape index (κ1) is 16.3. The predicted molar refractivity (Wildman–Crippen MR) is 105 cm³/mol. The molecule has 2 heteroatoms. The van der Waals surface area contributed by atoms with E-state index in [1.54, 1.807) is 4.90 Å². The molecular weight excluding hydrogens is 312 g/mol. The van der Waals surface area contributed by atoms with E-state index in [4.69, 9.17) is 4.74 Å². The monoisotopic (exact) mass is 341 g/mol. The molecule has 0 aromatic heterocycles. The molecule has 0 bridgehead atoms. The second-order valence-corrected chi connectivity index (χ2v) is 10.0. The number of benzene rings is 2. The smallest absolute Gasteiger partial charge is 0.163 e. The predicted octanol–water partition coefficient (Wildman–Crippen LogP) is 5.96. The summed E-state index contributed by atoms with van der Waals surface area (Å²) < 4.78 is 6.38. The van der Waals surface area contributed by atoms with Gasteiger partial charge in [0.2, 0.25) is 0 Å². The Morgan fingerprint density at radius 2 is 1.67 bits per heavy atom. The molecule has 1 saturated heterocycles. The maximum absolute atomic E-state index is 6.38. The molecule has 1 heterocycles. The normalized spacial score (nSPS) is 25.0. The number of fused-ring (bicyclic) bond motifs is 1. The molecule has 2 fully saturated rings. The third kappa shape index (κ3) is 3.06. The quantitative estimate of drug-likeness (QED) is 0.624. The average molecular weight is 342 g/mol. The average Bonchev–Trinajstić information content (AvgIpc) is 3.26. The molecule has 24 heavy (non-hydrogen) atoms. The number of hydrogen-bond donors (Lipinski definition) is 0. The maximum Gasteiger partial charge on any atom is 0.163 e. The Labute approximate surface area is 149 Å². The van der Waals surface area contributed by atoms with Crippen molar-refractivity contribution in [1.82, 2.24) is 0 Å². The van der Waals surface area contributed by atoms with Gasteiger partial charge in [-0.15, -0.1) is 0 Å². The number of ether oxygens (including phenoxy) is 1. The lowest BCUT2D eigenvalue weighted by Crippen LogP contribution is -2.23. The van der Waals surface area contributed by atoms with Crippen LogP contribution in [0.3, 0.4) is 0 Å². The Bertz CT molecular complexity index is 702. The van der Waals surface area contributed by atoms with Gasteiger partial charge in [0.25, 0.3) is 0 Å². The van der Waals surface area contributed by atoms with Crippen LogP contribution < -0.4 is 4.74 Å². The second kappa shape index (κ2) is 7.00. The van der Waals surface area contributed by atoms with Crippen molar-refractivity contribution in [1.29, 1.82) is 0 Å². The Hall–Kier alpha value is -1.15. The Morgan fingerprint density at radius 1 is 0.917 bits per heavy atom. The molecular formula is C22H29OS+. The lowest BCUT2D eigenvalue weighted by atomic mass is 10.1. The molecule has 4 rings (SSSR count). The Morgan fingerprint density at radius 3 is 2.42 bits per heavy atom. The SMILES string of the molecule is CC(C)C1CCC[S+]1c1ccc(OC2CCCC2)c2ccccc12. The van der Waals surface area contributed by atoms with Gasteiger partial charge >= 0.3 is 0 Å². The first-order chi connectivity index (χ1) is 11.7. The molecule has 2 aromatic rings. The van der Waals surface area contributed by atoms with Crippen LogP contribution in [0.25, 0.3) is 10.8 Å². The number of rotatable bonds is 4. The Balaban J connectivity index is 1.72. The summed E-state index contributed by atoms with van der Waals surface area (Å²) in [6.07, 6.45) is 8.29. The van der Waals surface area contributed by atoms with E-state index in [0.29, 0.717) is 17.0 Å². The van der Waals surface area contributed by atoms with Gasteiger partial charge in [0, 0.05) is 34.0 Å². The highest BCUT2D eigenvalue weighted by molar-refractivity contribution is 7.98. The van der Waals surface area contributed by atoms with E-state index >= 15 is 0 Å². The van der Waals surface area contributed by atoms with Gasteiger partial charge in [0.15, 0.2) is 4.90 Å². The zero-order valence-electron chi connectivity index (χ0n) is 15.0. The van der Waals surface area contributed by atoms with Crippen LogP contribution in [0.15, 0.2) is 41.3 Å². The van der Waals surface area contributed by atoms with Gasteiger partial charge in [0.05, 0.1) is 6.10 Å². The summed E-state index contributed by atoms with van der Waals surface area (Å²) in [7, 11) is 0.399. The van der Waals surface area contributed by atoms with Crippen molar-refractivity contribution in [3.63, 3.8) is 0 Å². The zero-order valence-corrected chi connectivity index (χ0v) is 15.8. The molecule has 0 N–H and O–H groups in total. The van der Waals surface area contributed by atoms with E-state index in [-0.39, 0.29) is 0 Å². The minimum atomic E-state index is 0.399. The van der Waals surface area contributed by atoms with Crippen LogP contribution in [0.2, 0.25) is 0 Å². The van der Waals surface area contributed by atoms with Crippen molar-refractivity contribution in [2.75, 3.05) is 5.75 Å². The van der Waals surface area contributed by atoms with Crippen LogP contribution in [0.4, 0.5) is 0 Å². The van der Waals surface area contributed by atoms with E-state index in [1.807, 2.05) is 0 Å². The second-order valence-electron chi connectivity index (χ2n) is 7.69. The summed E-state index contributed by atoms with van der Waals surface area (Å²) in [6, 6.07) is 13.6. The van der Waals surface area contributed by atoms with Crippen LogP contribution >= 0.6 is 0 Å². The van der Waals surface area contributed by atoms with Crippen molar-refractivity contribution in [2.45, 2.75) is 68.6 Å². The van der Waals surface area contributed by atoms with Gasteiger partial charge in [-0.25, -0.2) is 0 Å². The fraction of sp³-hybridized carbons (Fsp3) is 0.545. The van der Waals surface area contributed by atoms with E-state index in [2.05, 4.69) is 50.2 Å². The van der Waals surface area contributed by atoms with Crippen molar-refractivity contribution in [3.05, 3.63) is 36.4 Å². The van der Waals surface area contributed by atoms with E-state index in [9.17, 15) is 0 Å². The molecule has 128 valence electrons. The van der Waals surface area contributed by atoms with Crippen LogP contribution in [0.1, 0.15) is 52.4 Å². The number of hydrogen-bond acceptors (Lipinski definition) is 1. The Kier molecular flexibility index (Phi) is 4.76. The molecule has 1 aliphatic carbocycles. The summed E-state index contributed by atoms with van der Waals surface area (Å²) in [5.41, 5.74) is 0. The van der Waals surface area contributed by atoms with Gasteiger partial charge in [-0.2, -0.15) is 0 Å². The molecule has 0 spiro atoms. The topological polar surface area (TPSA) is 9.23 Å². The van der Waals surface area contributed by atoms with Gasteiger partial charge in [-0.1, -0.05) is 32.0 Å². The molecule has 0 amide bonds. The van der Waals surface area contributed by atoms with E-state index in [0.717, 1.165) is 16.9 Å². The third-order valence-electron chi connectivity index (χ3n) is 5.68. The fourth-order valence-corrected chi connectivity index (χ4v) is 7.57. The lowest BCUT2D eigenvalue weighted by Gasteiger charge is -2.19. The van der Waals surface area contributed by atoms with Gasteiger partial charge in [-0.3, -0.25) is 0 Å². The van der Waals surface area contributed by atoms with Crippen LogP contribution in [-0.2, 0) is 10.9 Å². The molecule has 2 aliphatic rings. The zero-order chi connectivity index (χ0) is 16.5. The molecule has 2 aromatic carbocycles. The van der Waals surface area contributed by atoms with Crippen LogP contribution in [0.5, 0.6) is 5.75 Å². The third-order valence-corrected chi connectivity index (χ3v) is 8.84. The first-order valence-corrected chi connectivity index (χ1v) is 11.1. The molecule has 2 atom stereocenters. The lowest BCUT2D eigenvalue weighted by molar-refractivity contribution is 0.212. The van der Waals surface area contributed by atoms with Gasteiger partial charge in [0.1, 0.15) is 16.8 Å². The molecule has 0 radical (unpaired) electrons. The minimum Gasteiger partial charge on any atom is -0.490 e. The van der Waals surface area contributed by atoms with Crippen molar-refractivity contribution in [3.8, 4) is 5.75 Å². The summed E-state index contributed by atoms with van der Waals surface area (Å²) in [5, 5.41) is 3.61. The van der Waals surface area contributed by atoms with Crippen molar-refractivity contribution in [2.24, 2.45) is 5.92 Å². The molecule has 1 nitrogen and oxygen atoms in total. The molecule has 1 saturated carbocycles. The van der Waals surface area contributed by atoms with Crippen molar-refractivity contribution >= 4 is 21.7 Å². The highest BCUT2D eigenvalue weighted by atomic mass is 32.2. The molecule has 2 unspecified atom stereocenters. The van der Waals surface area contributed by atoms with E-state index < -0.39 is 0 Å². The fourth-order valence-electron chi connectivity index (χ4n) is 4.43. The first-order valence-electron chi connectivity index (χ1n) is 9.62. The maximum atomic E-state index is 6.38. The summed E-state index contributed by atoms with van der Waals surface area (Å²) >= 11 is 0. The van der Waals surface area contributed by atoms with E-state index in [1.165, 1.54) is 55.1 Å². The van der Waals surface area contributed by atoms with Gasteiger partial charge in [-0.05, 0) is 50.3 Å². The molecule has 1 aliphatic heterocycles. The summed E-state index contributed by atoms with van der Waals surface area (Å²) in [5.74, 6) is 3.25. The standard InChI is InChI=1S/C22H29OS/c1-16(2)21-12-7-15-24(21)22-14-13-20(23-17-8-3-4-9-17)18-10-5-6-11-19(18)22/h5-6,10-11,13-14,16-17,21H,3-4,7-9,12,15H2,1-2H3/q+1. The summed E-state index contributed by atoms with van der Waals surface area (Å²) in [6.45, 7) is 4.80. The van der Waals surface area contributed by atoms with Crippen molar-refractivity contribution < 1.29 is 4.74 Å². The highest BCUT2D eigenvalue weighted by Gasteiger charge is 2.41. The summed E-state index contributed by atoms with van der Waals surface area (Å²) in [4.78, 5) is 1.58. The minimum absolute atomic E-state index is 0.399. The highest BCUT2D eigenvalue weighted by Crippen LogP contribution is 2.40.